The lowest BCUT2D eigenvalue weighted by atomic mass is 10.1. The molecule has 98 valence electrons. The first-order valence-electron chi connectivity index (χ1n) is 5.22. The lowest BCUT2D eigenvalue weighted by Crippen LogP contribution is -2.44. The van der Waals surface area contributed by atoms with Crippen molar-refractivity contribution in [1.29, 1.82) is 0 Å². The number of hydrogen-bond acceptors (Lipinski definition) is 3. The summed E-state index contributed by atoms with van der Waals surface area (Å²) >= 11 is 0. The minimum atomic E-state index is -4.49. The zero-order chi connectivity index (χ0) is 13.3. The number of alkyl halides is 3. The van der Waals surface area contributed by atoms with Gasteiger partial charge in [-0.2, -0.15) is 18.2 Å². The topological polar surface area (TPSA) is 49.8 Å². The Labute approximate surface area is 101 Å². The first-order chi connectivity index (χ1) is 8.39. The largest absolute Gasteiger partial charge is 0.416 e. The molecule has 1 unspecified atom stereocenters. The number of aliphatic hydroxyl groups excluding tert-OH is 1. The highest BCUT2D eigenvalue weighted by Crippen LogP contribution is 2.32. The summed E-state index contributed by atoms with van der Waals surface area (Å²) in [7, 11) is 0. The Morgan fingerprint density at radius 2 is 2.11 bits per heavy atom. The molecule has 1 fully saturated rings. The van der Waals surface area contributed by atoms with Crippen LogP contribution in [0.25, 0.3) is 0 Å². The quantitative estimate of drug-likeness (QED) is 0.837. The van der Waals surface area contributed by atoms with Gasteiger partial charge in [0.25, 0.3) is 5.91 Å². The van der Waals surface area contributed by atoms with Crippen molar-refractivity contribution in [3.63, 3.8) is 0 Å². The van der Waals surface area contributed by atoms with Crippen LogP contribution < -0.4 is 5.06 Å². The number of halogens is 3. The van der Waals surface area contributed by atoms with Gasteiger partial charge in [0.15, 0.2) is 0 Å². The van der Waals surface area contributed by atoms with E-state index in [0.717, 1.165) is 12.1 Å². The molecule has 1 aromatic rings. The molecule has 0 aliphatic carbocycles. The molecule has 0 spiro atoms. The average Bonchev–Trinajstić information content (AvgIpc) is 2.32. The number of carbonyl (C=O) groups is 1. The average molecular weight is 261 g/mol. The molecule has 18 heavy (non-hydrogen) atoms. The molecule has 1 aromatic carbocycles. The molecular weight excluding hydrogens is 251 g/mol. The maximum absolute atomic E-state index is 12.5. The third-order valence-electron chi connectivity index (χ3n) is 2.50. The van der Waals surface area contributed by atoms with Gasteiger partial charge in [0, 0.05) is 6.42 Å². The molecule has 0 radical (unpaired) electrons. The molecule has 1 aliphatic heterocycles. The number of carbonyl (C=O) groups excluding carboxylic acids is 1. The third kappa shape index (κ3) is 2.46. The second-order valence-electron chi connectivity index (χ2n) is 3.82. The van der Waals surface area contributed by atoms with Gasteiger partial charge in [-0.3, -0.25) is 9.63 Å². The van der Waals surface area contributed by atoms with Crippen LogP contribution in [0.4, 0.5) is 18.9 Å². The minimum absolute atomic E-state index is 0.0476. The van der Waals surface area contributed by atoms with Crippen LogP contribution in [0.1, 0.15) is 12.0 Å². The van der Waals surface area contributed by atoms with Crippen molar-refractivity contribution in [2.24, 2.45) is 0 Å². The summed E-state index contributed by atoms with van der Waals surface area (Å²) in [6.07, 6.45) is -5.60. The van der Waals surface area contributed by atoms with Crippen LogP contribution in [0.2, 0.25) is 0 Å². The van der Waals surface area contributed by atoms with E-state index in [1.165, 1.54) is 12.1 Å². The number of aliphatic hydroxyl groups is 1. The van der Waals surface area contributed by atoms with Gasteiger partial charge in [0.2, 0.25) is 0 Å². The van der Waals surface area contributed by atoms with Crippen molar-refractivity contribution in [2.45, 2.75) is 18.7 Å². The lowest BCUT2D eigenvalue weighted by molar-refractivity contribution is -0.142. The van der Waals surface area contributed by atoms with Gasteiger partial charge >= 0.3 is 6.18 Å². The van der Waals surface area contributed by atoms with Crippen LogP contribution in [-0.2, 0) is 15.8 Å². The maximum atomic E-state index is 12.5. The fourth-order valence-corrected chi connectivity index (χ4v) is 1.59. The van der Waals surface area contributed by atoms with E-state index in [1.807, 2.05) is 0 Å². The monoisotopic (exact) mass is 261 g/mol. The molecule has 1 heterocycles. The summed E-state index contributed by atoms with van der Waals surface area (Å²) in [5.41, 5.74) is -0.926. The van der Waals surface area contributed by atoms with Crippen molar-refractivity contribution in [3.05, 3.63) is 29.8 Å². The summed E-state index contributed by atoms with van der Waals surface area (Å²) in [6, 6.07) is 4.19. The number of amides is 1. The molecule has 1 saturated heterocycles. The molecule has 4 nitrogen and oxygen atoms in total. The molecule has 1 amide bonds. The van der Waals surface area contributed by atoms with E-state index in [9.17, 15) is 23.1 Å². The van der Waals surface area contributed by atoms with Crippen molar-refractivity contribution in [3.8, 4) is 0 Å². The van der Waals surface area contributed by atoms with Crippen LogP contribution in [0.5, 0.6) is 0 Å². The van der Waals surface area contributed by atoms with E-state index in [4.69, 9.17) is 4.84 Å². The van der Waals surface area contributed by atoms with Crippen LogP contribution in [-0.4, -0.2) is 23.7 Å². The molecule has 0 saturated carbocycles. The summed E-state index contributed by atoms with van der Waals surface area (Å²) in [5, 5.41) is 10.0. The number of hydrogen-bond donors (Lipinski definition) is 1. The van der Waals surface area contributed by atoms with E-state index < -0.39 is 23.8 Å². The highest BCUT2D eigenvalue weighted by Gasteiger charge is 2.33. The van der Waals surface area contributed by atoms with Crippen molar-refractivity contribution in [2.75, 3.05) is 11.7 Å². The van der Waals surface area contributed by atoms with Crippen LogP contribution in [0.15, 0.2) is 24.3 Å². The summed E-state index contributed by atoms with van der Waals surface area (Å²) < 4.78 is 37.5. The van der Waals surface area contributed by atoms with Gasteiger partial charge in [-0.15, -0.1) is 0 Å². The summed E-state index contributed by atoms with van der Waals surface area (Å²) in [5.74, 6) is -0.763. The predicted molar refractivity (Wildman–Crippen MR) is 55.5 cm³/mol. The van der Waals surface area contributed by atoms with Gasteiger partial charge in [-0.25, -0.2) is 0 Å². The Morgan fingerprint density at radius 1 is 1.39 bits per heavy atom. The molecule has 0 aromatic heterocycles. The molecule has 7 heteroatoms. The molecular formula is C11H10F3NO3. The predicted octanol–water partition coefficient (Wildman–Crippen LogP) is 1.73. The zero-order valence-electron chi connectivity index (χ0n) is 9.15. The fraction of sp³-hybridized carbons (Fsp3) is 0.364. The van der Waals surface area contributed by atoms with E-state index >= 15 is 0 Å². The van der Waals surface area contributed by atoms with E-state index in [0.29, 0.717) is 5.06 Å². The Bertz CT molecular complexity index is 461. The number of rotatable bonds is 1. The highest BCUT2D eigenvalue weighted by atomic mass is 19.4. The van der Waals surface area contributed by atoms with Crippen LogP contribution >= 0.6 is 0 Å². The van der Waals surface area contributed by atoms with Gasteiger partial charge in [-0.05, 0) is 18.2 Å². The molecule has 1 aliphatic rings. The van der Waals surface area contributed by atoms with Gasteiger partial charge in [0.1, 0.15) is 6.10 Å². The summed E-state index contributed by atoms with van der Waals surface area (Å²) in [4.78, 5) is 16.5. The molecule has 0 bridgehead atoms. The lowest BCUT2D eigenvalue weighted by Gasteiger charge is -2.29. The first kappa shape index (κ1) is 12.8. The molecule has 1 atom stereocenters. The molecule has 1 N–H and O–H groups in total. The SMILES string of the molecule is O=C1C(O)CCON1c1cccc(C(F)(F)F)c1. The minimum Gasteiger partial charge on any atom is -0.383 e. The van der Waals surface area contributed by atoms with E-state index in [1.54, 1.807) is 0 Å². The number of hydroxylamine groups is 1. The second-order valence-corrected chi connectivity index (χ2v) is 3.82. The standard InChI is InChI=1S/C11H10F3NO3/c12-11(13,14)7-2-1-3-8(6-7)15-10(17)9(16)4-5-18-15/h1-3,6,9,16H,4-5H2. The van der Waals surface area contributed by atoms with Crippen molar-refractivity contribution < 1.29 is 27.9 Å². The zero-order valence-corrected chi connectivity index (χ0v) is 9.15. The Balaban J connectivity index is 2.31. The molecule has 2 rings (SSSR count). The number of benzene rings is 1. The third-order valence-corrected chi connectivity index (χ3v) is 2.50. The van der Waals surface area contributed by atoms with Gasteiger partial charge < -0.3 is 5.11 Å². The summed E-state index contributed by atoms with van der Waals surface area (Å²) in [6.45, 7) is 0.0726. The van der Waals surface area contributed by atoms with Crippen LogP contribution in [0.3, 0.4) is 0 Å². The maximum Gasteiger partial charge on any atom is 0.416 e. The Morgan fingerprint density at radius 3 is 2.78 bits per heavy atom. The van der Waals surface area contributed by atoms with Gasteiger partial charge in [0.05, 0.1) is 17.9 Å². The van der Waals surface area contributed by atoms with Gasteiger partial charge in [-0.1, -0.05) is 6.07 Å². The second kappa shape index (κ2) is 4.58. The normalized spacial score (nSPS) is 21.2. The first-order valence-corrected chi connectivity index (χ1v) is 5.22. The highest BCUT2D eigenvalue weighted by molar-refractivity contribution is 5.95. The Hall–Kier alpha value is -1.60. The van der Waals surface area contributed by atoms with Crippen molar-refractivity contribution >= 4 is 11.6 Å². The van der Waals surface area contributed by atoms with E-state index in [2.05, 4.69) is 0 Å². The Kier molecular flexibility index (Phi) is 3.27. The number of anilines is 1. The number of nitrogens with zero attached hydrogens (tertiary/aromatic N) is 1. The van der Waals surface area contributed by atoms with Crippen molar-refractivity contribution in [1.82, 2.24) is 0 Å². The van der Waals surface area contributed by atoms with Crippen LogP contribution in [0, 0.1) is 0 Å². The smallest absolute Gasteiger partial charge is 0.383 e. The van der Waals surface area contributed by atoms with E-state index in [-0.39, 0.29) is 18.7 Å². The fourth-order valence-electron chi connectivity index (χ4n) is 1.59.